The number of hydrogen-bond acceptors (Lipinski definition) is 1. The molecule has 17 heavy (non-hydrogen) atoms. The van der Waals surface area contributed by atoms with E-state index in [2.05, 4.69) is 5.32 Å². The van der Waals surface area contributed by atoms with Crippen molar-refractivity contribution in [1.29, 1.82) is 0 Å². The SMILES string of the molecule is CC(CCCCl)Nc1ccccc1C(F)(F)F. The van der Waals surface area contributed by atoms with Gasteiger partial charge in [0.25, 0.3) is 0 Å². The highest BCUT2D eigenvalue weighted by atomic mass is 35.5. The summed E-state index contributed by atoms with van der Waals surface area (Å²) < 4.78 is 38.1. The van der Waals surface area contributed by atoms with Gasteiger partial charge in [-0.25, -0.2) is 0 Å². The van der Waals surface area contributed by atoms with Crippen molar-refractivity contribution in [2.24, 2.45) is 0 Å². The summed E-state index contributed by atoms with van der Waals surface area (Å²) in [5, 5.41) is 2.87. The number of rotatable bonds is 5. The molecule has 1 atom stereocenters. The molecule has 0 aliphatic rings. The number of anilines is 1. The Hall–Kier alpha value is -0.900. The highest BCUT2D eigenvalue weighted by molar-refractivity contribution is 6.17. The van der Waals surface area contributed by atoms with Crippen LogP contribution in [0.1, 0.15) is 25.3 Å². The van der Waals surface area contributed by atoms with E-state index >= 15 is 0 Å². The fourth-order valence-corrected chi connectivity index (χ4v) is 1.73. The minimum atomic E-state index is -4.32. The van der Waals surface area contributed by atoms with E-state index in [9.17, 15) is 13.2 Å². The van der Waals surface area contributed by atoms with E-state index in [0.717, 1.165) is 18.9 Å². The Labute approximate surface area is 104 Å². The molecule has 0 fully saturated rings. The second kappa shape index (κ2) is 6.15. The van der Waals surface area contributed by atoms with E-state index in [0.29, 0.717) is 5.88 Å². The first-order valence-electron chi connectivity index (χ1n) is 5.44. The number of hydrogen-bond donors (Lipinski definition) is 1. The van der Waals surface area contributed by atoms with E-state index in [1.807, 2.05) is 6.92 Å². The van der Waals surface area contributed by atoms with Crippen LogP contribution in [0.25, 0.3) is 0 Å². The van der Waals surface area contributed by atoms with Crippen LogP contribution in [-0.4, -0.2) is 11.9 Å². The zero-order chi connectivity index (χ0) is 12.9. The van der Waals surface area contributed by atoms with Crippen LogP contribution < -0.4 is 5.32 Å². The van der Waals surface area contributed by atoms with Crippen LogP contribution >= 0.6 is 11.6 Å². The van der Waals surface area contributed by atoms with Gasteiger partial charge in [-0.15, -0.1) is 11.6 Å². The number of alkyl halides is 4. The molecule has 0 amide bonds. The molecule has 1 nitrogen and oxygen atoms in total. The lowest BCUT2D eigenvalue weighted by atomic mass is 10.1. The number of benzene rings is 1. The molecule has 1 N–H and O–H groups in total. The van der Waals surface area contributed by atoms with E-state index in [4.69, 9.17) is 11.6 Å². The van der Waals surface area contributed by atoms with Gasteiger partial charge < -0.3 is 5.32 Å². The van der Waals surface area contributed by atoms with Gasteiger partial charge in [-0.1, -0.05) is 12.1 Å². The summed E-state index contributed by atoms with van der Waals surface area (Å²) in [6, 6.07) is 5.47. The summed E-state index contributed by atoms with van der Waals surface area (Å²) in [6.07, 6.45) is -2.80. The third kappa shape index (κ3) is 4.46. The van der Waals surface area contributed by atoms with Crippen LogP contribution in [0, 0.1) is 0 Å². The van der Waals surface area contributed by atoms with Gasteiger partial charge in [-0.3, -0.25) is 0 Å². The van der Waals surface area contributed by atoms with Crippen LogP contribution in [-0.2, 0) is 6.18 Å². The van der Waals surface area contributed by atoms with E-state index in [-0.39, 0.29) is 11.7 Å². The minimum absolute atomic E-state index is 0.0303. The third-order valence-electron chi connectivity index (χ3n) is 2.41. The lowest BCUT2D eigenvalue weighted by Gasteiger charge is -2.18. The van der Waals surface area contributed by atoms with Crippen LogP contribution in [0.15, 0.2) is 24.3 Å². The van der Waals surface area contributed by atoms with Crippen LogP contribution in [0.4, 0.5) is 18.9 Å². The molecule has 0 aliphatic heterocycles. The molecule has 0 aromatic heterocycles. The van der Waals surface area contributed by atoms with Crippen LogP contribution in [0.5, 0.6) is 0 Å². The third-order valence-corrected chi connectivity index (χ3v) is 2.67. The minimum Gasteiger partial charge on any atom is -0.382 e. The van der Waals surface area contributed by atoms with Crippen molar-refractivity contribution in [3.05, 3.63) is 29.8 Å². The Morgan fingerprint density at radius 2 is 1.94 bits per heavy atom. The van der Waals surface area contributed by atoms with Crippen molar-refractivity contribution in [3.8, 4) is 0 Å². The molecular formula is C12H15ClF3N. The maximum Gasteiger partial charge on any atom is 0.418 e. The molecule has 0 heterocycles. The predicted octanol–water partition coefficient (Wildman–Crippen LogP) is 4.52. The first kappa shape index (κ1) is 14.2. The summed E-state index contributed by atoms with van der Waals surface area (Å²) in [4.78, 5) is 0. The van der Waals surface area contributed by atoms with Gasteiger partial charge in [-0.05, 0) is 31.9 Å². The molecule has 0 bridgehead atoms. The molecule has 0 spiro atoms. The first-order chi connectivity index (χ1) is 7.95. The number of halogens is 4. The summed E-state index contributed by atoms with van der Waals surface area (Å²) in [5.41, 5.74) is -0.500. The summed E-state index contributed by atoms with van der Waals surface area (Å²) in [7, 11) is 0. The lowest BCUT2D eigenvalue weighted by Crippen LogP contribution is -2.18. The molecule has 1 rings (SSSR count). The van der Waals surface area contributed by atoms with Gasteiger partial charge in [0.15, 0.2) is 0 Å². The number of nitrogens with one attached hydrogen (secondary N) is 1. The fourth-order valence-electron chi connectivity index (χ4n) is 1.58. The Bertz CT molecular complexity index is 352. The van der Waals surface area contributed by atoms with Crippen molar-refractivity contribution < 1.29 is 13.2 Å². The van der Waals surface area contributed by atoms with E-state index < -0.39 is 11.7 Å². The molecular weight excluding hydrogens is 251 g/mol. The molecule has 96 valence electrons. The summed E-state index contributed by atoms with van der Waals surface area (Å²) in [6.45, 7) is 1.85. The van der Waals surface area contributed by atoms with Crippen molar-refractivity contribution in [3.63, 3.8) is 0 Å². The molecule has 0 saturated carbocycles. The monoisotopic (exact) mass is 265 g/mol. The number of para-hydroxylation sites is 1. The molecule has 0 saturated heterocycles. The molecule has 1 aromatic carbocycles. The first-order valence-corrected chi connectivity index (χ1v) is 5.97. The standard InChI is InChI=1S/C12H15ClF3N/c1-9(5-4-8-13)17-11-7-3-2-6-10(11)12(14,15)16/h2-3,6-7,9,17H,4-5,8H2,1H3. The smallest absolute Gasteiger partial charge is 0.382 e. The van der Waals surface area contributed by atoms with Crippen LogP contribution in [0.3, 0.4) is 0 Å². The quantitative estimate of drug-likeness (QED) is 0.772. The molecule has 0 radical (unpaired) electrons. The van der Waals surface area contributed by atoms with Gasteiger partial charge in [0.1, 0.15) is 0 Å². The van der Waals surface area contributed by atoms with Crippen molar-refractivity contribution in [2.75, 3.05) is 11.2 Å². The predicted molar refractivity (Wildman–Crippen MR) is 64.5 cm³/mol. The maximum absolute atomic E-state index is 12.7. The fraction of sp³-hybridized carbons (Fsp3) is 0.500. The second-order valence-corrected chi connectivity index (χ2v) is 4.30. The average molecular weight is 266 g/mol. The molecule has 1 aromatic rings. The topological polar surface area (TPSA) is 12.0 Å². The summed E-state index contributed by atoms with van der Waals surface area (Å²) in [5.74, 6) is 0.521. The van der Waals surface area contributed by atoms with Crippen LogP contribution in [0.2, 0.25) is 0 Å². The maximum atomic E-state index is 12.7. The van der Waals surface area contributed by atoms with Crippen molar-refractivity contribution in [2.45, 2.75) is 32.0 Å². The second-order valence-electron chi connectivity index (χ2n) is 3.92. The van der Waals surface area contributed by atoms with Gasteiger partial charge in [0, 0.05) is 17.6 Å². The average Bonchev–Trinajstić information content (AvgIpc) is 2.25. The Kier molecular flexibility index (Phi) is 5.12. The van der Waals surface area contributed by atoms with Gasteiger partial charge in [0.05, 0.1) is 5.56 Å². The normalized spacial score (nSPS) is 13.5. The van der Waals surface area contributed by atoms with Gasteiger partial charge >= 0.3 is 6.18 Å². The Balaban J connectivity index is 2.77. The van der Waals surface area contributed by atoms with E-state index in [1.54, 1.807) is 6.07 Å². The van der Waals surface area contributed by atoms with Gasteiger partial charge in [0.2, 0.25) is 0 Å². The van der Waals surface area contributed by atoms with Crippen molar-refractivity contribution >= 4 is 17.3 Å². The lowest BCUT2D eigenvalue weighted by molar-refractivity contribution is -0.137. The molecule has 0 aliphatic carbocycles. The zero-order valence-electron chi connectivity index (χ0n) is 9.52. The van der Waals surface area contributed by atoms with Gasteiger partial charge in [-0.2, -0.15) is 13.2 Å². The molecule has 1 unspecified atom stereocenters. The molecule has 5 heteroatoms. The Morgan fingerprint density at radius 1 is 1.29 bits per heavy atom. The Morgan fingerprint density at radius 3 is 2.53 bits per heavy atom. The highest BCUT2D eigenvalue weighted by Crippen LogP contribution is 2.34. The van der Waals surface area contributed by atoms with Crippen molar-refractivity contribution in [1.82, 2.24) is 0 Å². The van der Waals surface area contributed by atoms with E-state index in [1.165, 1.54) is 12.1 Å². The zero-order valence-corrected chi connectivity index (χ0v) is 10.3. The highest BCUT2D eigenvalue weighted by Gasteiger charge is 2.33. The largest absolute Gasteiger partial charge is 0.418 e. The summed E-state index contributed by atoms with van der Waals surface area (Å²) >= 11 is 5.54.